The Kier molecular flexibility index (Phi) is 4.05. The number of hydrogen-bond acceptors (Lipinski definition) is 3. The number of ether oxygens (including phenoxy) is 1. The van der Waals surface area contributed by atoms with Gasteiger partial charge in [0.1, 0.15) is 6.10 Å². The van der Waals surface area contributed by atoms with Crippen molar-refractivity contribution in [1.82, 2.24) is 4.90 Å². The van der Waals surface area contributed by atoms with Crippen molar-refractivity contribution in [1.29, 1.82) is 0 Å². The van der Waals surface area contributed by atoms with Crippen molar-refractivity contribution < 1.29 is 14.6 Å². The van der Waals surface area contributed by atoms with E-state index in [1.807, 2.05) is 13.8 Å². The molecule has 0 aromatic carbocycles. The highest BCUT2D eigenvalue weighted by Gasteiger charge is 2.31. The van der Waals surface area contributed by atoms with E-state index < -0.39 is 0 Å². The number of likely N-dealkylation sites (tertiary alicyclic amines) is 1. The molecule has 0 aromatic heterocycles. The van der Waals surface area contributed by atoms with Crippen LogP contribution in [0.5, 0.6) is 0 Å². The van der Waals surface area contributed by atoms with Crippen LogP contribution in [0.1, 0.15) is 33.1 Å². The summed E-state index contributed by atoms with van der Waals surface area (Å²) in [4.78, 5) is 13.8. The summed E-state index contributed by atoms with van der Waals surface area (Å²) in [6.45, 7) is 5.75. The normalized spacial score (nSPS) is 31.4. The van der Waals surface area contributed by atoms with Crippen LogP contribution in [0, 0.1) is 11.8 Å². The van der Waals surface area contributed by atoms with Gasteiger partial charge in [-0.2, -0.15) is 0 Å². The quantitative estimate of drug-likeness (QED) is 0.800. The van der Waals surface area contributed by atoms with Crippen LogP contribution in [-0.4, -0.2) is 47.8 Å². The summed E-state index contributed by atoms with van der Waals surface area (Å²) >= 11 is 0. The summed E-state index contributed by atoms with van der Waals surface area (Å²) in [6, 6.07) is 0. The highest BCUT2D eigenvalue weighted by atomic mass is 16.5. The van der Waals surface area contributed by atoms with Gasteiger partial charge in [-0.05, 0) is 38.0 Å². The van der Waals surface area contributed by atoms with E-state index in [0.29, 0.717) is 25.0 Å². The van der Waals surface area contributed by atoms with E-state index in [1.54, 1.807) is 4.90 Å². The van der Waals surface area contributed by atoms with Gasteiger partial charge in [-0.1, -0.05) is 6.92 Å². The minimum absolute atomic E-state index is 0.0246. The van der Waals surface area contributed by atoms with Crippen molar-refractivity contribution in [3.05, 3.63) is 0 Å². The van der Waals surface area contributed by atoms with Gasteiger partial charge in [-0.25, -0.2) is 0 Å². The number of amides is 1. The Morgan fingerprint density at radius 1 is 1.47 bits per heavy atom. The first kappa shape index (κ1) is 12.8. The Morgan fingerprint density at radius 2 is 2.18 bits per heavy atom. The number of rotatable bonds is 4. The Morgan fingerprint density at radius 3 is 2.76 bits per heavy atom. The molecule has 1 amide bonds. The van der Waals surface area contributed by atoms with Gasteiger partial charge in [-0.15, -0.1) is 0 Å². The fraction of sp³-hybridized carbons (Fsp3) is 0.923. The van der Waals surface area contributed by atoms with Gasteiger partial charge in [0.15, 0.2) is 0 Å². The Hall–Kier alpha value is -0.610. The van der Waals surface area contributed by atoms with Crippen LogP contribution in [0.25, 0.3) is 0 Å². The molecule has 3 atom stereocenters. The van der Waals surface area contributed by atoms with E-state index in [2.05, 4.69) is 0 Å². The molecule has 1 aliphatic heterocycles. The van der Waals surface area contributed by atoms with E-state index in [1.165, 1.54) is 12.8 Å². The molecule has 2 fully saturated rings. The molecule has 17 heavy (non-hydrogen) atoms. The van der Waals surface area contributed by atoms with Crippen molar-refractivity contribution in [2.75, 3.05) is 19.7 Å². The Bertz CT molecular complexity index is 278. The molecule has 1 N–H and O–H groups in total. The molecule has 2 aliphatic rings. The fourth-order valence-corrected chi connectivity index (χ4v) is 2.14. The molecule has 0 aromatic rings. The lowest BCUT2D eigenvalue weighted by Gasteiger charge is -2.35. The topological polar surface area (TPSA) is 49.8 Å². The van der Waals surface area contributed by atoms with E-state index in [4.69, 9.17) is 4.74 Å². The minimum atomic E-state index is -0.386. The second-order valence-corrected chi connectivity index (χ2v) is 5.54. The van der Waals surface area contributed by atoms with Gasteiger partial charge in [0.05, 0.1) is 12.7 Å². The van der Waals surface area contributed by atoms with E-state index in [0.717, 1.165) is 13.0 Å². The molecule has 4 heteroatoms. The summed E-state index contributed by atoms with van der Waals surface area (Å²) in [5.41, 5.74) is 0. The number of piperidine rings is 1. The van der Waals surface area contributed by atoms with Gasteiger partial charge >= 0.3 is 0 Å². The van der Waals surface area contributed by atoms with Crippen molar-refractivity contribution >= 4 is 5.91 Å². The lowest BCUT2D eigenvalue weighted by Crippen LogP contribution is -2.49. The van der Waals surface area contributed by atoms with Gasteiger partial charge in [-0.3, -0.25) is 4.79 Å². The molecule has 0 radical (unpaired) electrons. The van der Waals surface area contributed by atoms with Crippen molar-refractivity contribution in [3.8, 4) is 0 Å². The zero-order valence-corrected chi connectivity index (χ0v) is 10.8. The third-order valence-electron chi connectivity index (χ3n) is 3.86. The number of nitrogens with zero attached hydrogens (tertiary/aromatic N) is 1. The number of carbonyl (C=O) groups excluding carboxylic acids is 1. The predicted octanol–water partition coefficient (Wildman–Crippen LogP) is 1.03. The zero-order valence-electron chi connectivity index (χ0n) is 10.8. The maximum absolute atomic E-state index is 12.1. The van der Waals surface area contributed by atoms with Gasteiger partial charge in [0, 0.05) is 13.1 Å². The van der Waals surface area contributed by atoms with Crippen LogP contribution >= 0.6 is 0 Å². The summed E-state index contributed by atoms with van der Waals surface area (Å²) < 4.78 is 5.57. The predicted molar refractivity (Wildman–Crippen MR) is 64.5 cm³/mol. The molecule has 3 unspecified atom stereocenters. The average molecular weight is 241 g/mol. The monoisotopic (exact) mass is 241 g/mol. The number of β-amino-alcohol motifs (C(OH)–C–C–N with tert-alkyl or cyclic N) is 1. The summed E-state index contributed by atoms with van der Waals surface area (Å²) in [5.74, 6) is 0.996. The highest BCUT2D eigenvalue weighted by molar-refractivity contribution is 5.80. The molecule has 1 saturated heterocycles. The van der Waals surface area contributed by atoms with Gasteiger partial charge in [0.25, 0.3) is 5.91 Å². The number of aliphatic hydroxyl groups excluding tert-OH is 1. The second kappa shape index (κ2) is 5.36. The van der Waals surface area contributed by atoms with E-state index in [-0.39, 0.29) is 18.1 Å². The summed E-state index contributed by atoms with van der Waals surface area (Å²) in [7, 11) is 0. The largest absolute Gasteiger partial charge is 0.391 e. The first-order chi connectivity index (χ1) is 8.08. The van der Waals surface area contributed by atoms with Gasteiger partial charge < -0.3 is 14.7 Å². The maximum atomic E-state index is 12.1. The molecular formula is C13H23NO3. The number of carbonyl (C=O) groups is 1. The van der Waals surface area contributed by atoms with Gasteiger partial charge in [0.2, 0.25) is 0 Å². The van der Waals surface area contributed by atoms with Crippen LogP contribution in [0.15, 0.2) is 0 Å². The SMILES string of the molecule is CC(OCC1CC1)C(=O)N1CCC(C)C(O)C1. The first-order valence-corrected chi connectivity index (χ1v) is 6.66. The lowest BCUT2D eigenvalue weighted by atomic mass is 9.96. The Labute approximate surface area is 103 Å². The van der Waals surface area contributed by atoms with Crippen LogP contribution < -0.4 is 0 Å². The van der Waals surface area contributed by atoms with Crippen LogP contribution in [0.2, 0.25) is 0 Å². The lowest BCUT2D eigenvalue weighted by molar-refractivity contribution is -0.147. The van der Waals surface area contributed by atoms with Crippen molar-refractivity contribution in [3.63, 3.8) is 0 Å². The van der Waals surface area contributed by atoms with Crippen molar-refractivity contribution in [2.45, 2.75) is 45.3 Å². The summed E-state index contributed by atoms with van der Waals surface area (Å²) in [6.07, 6.45) is 2.60. The van der Waals surface area contributed by atoms with Crippen LogP contribution in [-0.2, 0) is 9.53 Å². The smallest absolute Gasteiger partial charge is 0.251 e. The molecule has 0 bridgehead atoms. The van der Waals surface area contributed by atoms with Crippen molar-refractivity contribution in [2.24, 2.45) is 11.8 Å². The molecule has 4 nitrogen and oxygen atoms in total. The zero-order chi connectivity index (χ0) is 12.4. The summed E-state index contributed by atoms with van der Waals surface area (Å²) in [5, 5.41) is 9.77. The fourth-order valence-electron chi connectivity index (χ4n) is 2.14. The highest BCUT2D eigenvalue weighted by Crippen LogP contribution is 2.29. The third-order valence-corrected chi connectivity index (χ3v) is 3.86. The number of hydrogen-bond donors (Lipinski definition) is 1. The van der Waals surface area contributed by atoms with Crippen LogP contribution in [0.4, 0.5) is 0 Å². The molecule has 1 aliphatic carbocycles. The molecule has 0 spiro atoms. The Balaban J connectivity index is 1.77. The molecule has 1 heterocycles. The minimum Gasteiger partial charge on any atom is -0.391 e. The molecule has 2 rings (SSSR count). The maximum Gasteiger partial charge on any atom is 0.251 e. The van der Waals surface area contributed by atoms with E-state index in [9.17, 15) is 9.90 Å². The second-order valence-electron chi connectivity index (χ2n) is 5.54. The average Bonchev–Trinajstić information content (AvgIpc) is 3.12. The third kappa shape index (κ3) is 3.42. The molecule has 1 saturated carbocycles. The first-order valence-electron chi connectivity index (χ1n) is 6.66. The standard InChI is InChI=1S/C13H23NO3/c1-9-5-6-14(7-12(9)15)13(16)10(2)17-8-11-3-4-11/h9-12,15H,3-8H2,1-2H3. The van der Waals surface area contributed by atoms with E-state index >= 15 is 0 Å². The molecule has 98 valence electrons. The number of aliphatic hydroxyl groups is 1. The molecular weight excluding hydrogens is 218 g/mol. The van der Waals surface area contributed by atoms with Crippen LogP contribution in [0.3, 0.4) is 0 Å².